The highest BCUT2D eigenvalue weighted by Gasteiger charge is 2.18. The van der Waals surface area contributed by atoms with Gasteiger partial charge in [-0.2, -0.15) is 0 Å². The van der Waals surface area contributed by atoms with Crippen molar-refractivity contribution >= 4 is 45.0 Å². The molecule has 0 fully saturated rings. The lowest BCUT2D eigenvalue weighted by Gasteiger charge is -2.21. The number of carbonyl (C=O) groups excluding carboxylic acids is 1. The summed E-state index contributed by atoms with van der Waals surface area (Å²) >= 11 is 0. The minimum Gasteiger partial charge on any atom is -0.444 e. The minimum atomic E-state index is -1.01. The normalized spacial score (nSPS) is 12.4. The number of pyridine rings is 1. The van der Waals surface area contributed by atoms with Gasteiger partial charge in [-0.05, 0) is 57.2 Å². The second kappa shape index (κ2) is 8.96. The molecule has 0 saturated heterocycles. The summed E-state index contributed by atoms with van der Waals surface area (Å²) in [5, 5.41) is 22.0. The predicted molar refractivity (Wildman–Crippen MR) is 134 cm³/mol. The number of para-hydroxylation sites is 1. The van der Waals surface area contributed by atoms with E-state index in [0.717, 1.165) is 33.2 Å². The van der Waals surface area contributed by atoms with Gasteiger partial charge in [-0.15, -0.1) is 0 Å². The summed E-state index contributed by atoms with van der Waals surface area (Å²) in [6.07, 6.45) is -1.56. The summed E-state index contributed by atoms with van der Waals surface area (Å²) in [5.41, 5.74) is 3.92. The zero-order chi connectivity index (χ0) is 23.6. The summed E-state index contributed by atoms with van der Waals surface area (Å²) < 4.78 is 5.31. The van der Waals surface area contributed by atoms with Crippen LogP contribution in [0.3, 0.4) is 0 Å². The molecule has 1 aromatic heterocycles. The van der Waals surface area contributed by atoms with Crippen LogP contribution in [0.1, 0.15) is 32.6 Å². The number of ether oxygens (including phenoxy) is 1. The molecule has 1 heterocycles. The van der Waals surface area contributed by atoms with Crippen LogP contribution in [0.15, 0.2) is 66.7 Å². The van der Waals surface area contributed by atoms with Gasteiger partial charge in [0.15, 0.2) is 6.23 Å². The number of rotatable bonds is 5. The molecule has 4 aromatic rings. The number of carbonyl (C=O) groups is 1. The van der Waals surface area contributed by atoms with Crippen molar-refractivity contribution in [1.29, 1.82) is 0 Å². The maximum absolute atomic E-state index is 12.1. The standard InChI is InChI=1S/C26H28N4O3/c1-26(2,3)33-25(32)28-18-9-7-8-16(14-18)24(31)30-23-19-10-5-6-11-21(19)29-22-15-17(27-4)12-13-20(22)23/h5-15,24,27,31H,1-4H3,(H,28,32)(H,29,30). The van der Waals surface area contributed by atoms with Crippen LogP contribution < -0.4 is 16.0 Å². The Labute approximate surface area is 192 Å². The Morgan fingerprint density at radius 1 is 0.939 bits per heavy atom. The first-order valence-corrected chi connectivity index (χ1v) is 10.8. The first kappa shape index (κ1) is 22.4. The third-order valence-corrected chi connectivity index (χ3v) is 5.10. The molecule has 3 aromatic carbocycles. The monoisotopic (exact) mass is 444 g/mol. The molecule has 33 heavy (non-hydrogen) atoms. The second-order valence-electron chi connectivity index (χ2n) is 8.79. The largest absolute Gasteiger partial charge is 0.444 e. The molecular weight excluding hydrogens is 416 g/mol. The first-order valence-electron chi connectivity index (χ1n) is 10.8. The van der Waals surface area contributed by atoms with Crippen LogP contribution in [-0.2, 0) is 4.74 Å². The predicted octanol–water partition coefficient (Wildman–Crippen LogP) is 5.88. The van der Waals surface area contributed by atoms with Crippen molar-refractivity contribution in [2.24, 2.45) is 0 Å². The number of hydrogen-bond acceptors (Lipinski definition) is 6. The van der Waals surface area contributed by atoms with E-state index in [1.807, 2.05) is 49.5 Å². The molecule has 0 aliphatic carbocycles. The number of nitrogens with one attached hydrogen (secondary N) is 3. The molecule has 0 aliphatic heterocycles. The van der Waals surface area contributed by atoms with E-state index in [2.05, 4.69) is 16.0 Å². The van der Waals surface area contributed by atoms with Gasteiger partial charge in [0.05, 0.1) is 16.7 Å². The van der Waals surface area contributed by atoms with Crippen LogP contribution in [-0.4, -0.2) is 28.8 Å². The van der Waals surface area contributed by atoms with Crippen molar-refractivity contribution in [2.45, 2.75) is 32.6 Å². The summed E-state index contributed by atoms with van der Waals surface area (Å²) in [4.78, 5) is 16.9. The molecule has 170 valence electrons. The van der Waals surface area contributed by atoms with Crippen molar-refractivity contribution in [3.05, 3.63) is 72.3 Å². The summed E-state index contributed by atoms with van der Waals surface area (Å²) in [5.74, 6) is 0. The van der Waals surface area contributed by atoms with E-state index in [4.69, 9.17) is 9.72 Å². The Kier molecular flexibility index (Phi) is 6.07. The summed E-state index contributed by atoms with van der Waals surface area (Å²) in [6, 6.07) is 20.8. The lowest BCUT2D eigenvalue weighted by molar-refractivity contribution is 0.0636. The molecule has 4 rings (SSSR count). The number of benzene rings is 3. The zero-order valence-corrected chi connectivity index (χ0v) is 19.1. The Morgan fingerprint density at radius 2 is 1.70 bits per heavy atom. The molecule has 1 atom stereocenters. The van der Waals surface area contributed by atoms with E-state index in [1.54, 1.807) is 45.0 Å². The summed E-state index contributed by atoms with van der Waals surface area (Å²) in [6.45, 7) is 5.42. The third-order valence-electron chi connectivity index (χ3n) is 5.10. The number of hydrogen-bond donors (Lipinski definition) is 4. The van der Waals surface area contributed by atoms with Crippen LogP contribution in [0.2, 0.25) is 0 Å². The highest BCUT2D eigenvalue weighted by Crippen LogP contribution is 2.34. The third kappa shape index (κ3) is 5.15. The molecule has 7 nitrogen and oxygen atoms in total. The number of nitrogens with zero attached hydrogens (tertiary/aromatic N) is 1. The maximum atomic E-state index is 12.1. The van der Waals surface area contributed by atoms with Gasteiger partial charge in [0.2, 0.25) is 0 Å². The molecule has 1 unspecified atom stereocenters. The van der Waals surface area contributed by atoms with E-state index < -0.39 is 17.9 Å². The van der Waals surface area contributed by atoms with Crippen LogP contribution in [0, 0.1) is 0 Å². The van der Waals surface area contributed by atoms with Gasteiger partial charge in [-0.1, -0.05) is 30.3 Å². The Bertz CT molecular complexity index is 1310. The Morgan fingerprint density at radius 3 is 2.45 bits per heavy atom. The van der Waals surface area contributed by atoms with Gasteiger partial charge < -0.3 is 20.5 Å². The number of aromatic nitrogens is 1. The van der Waals surface area contributed by atoms with Gasteiger partial charge >= 0.3 is 6.09 Å². The highest BCUT2D eigenvalue weighted by atomic mass is 16.6. The van der Waals surface area contributed by atoms with Crippen LogP contribution in [0.4, 0.5) is 21.9 Å². The van der Waals surface area contributed by atoms with Crippen LogP contribution in [0.5, 0.6) is 0 Å². The summed E-state index contributed by atoms with van der Waals surface area (Å²) in [7, 11) is 1.86. The number of anilines is 3. The smallest absolute Gasteiger partial charge is 0.412 e. The topological polar surface area (TPSA) is 95.5 Å². The Balaban J connectivity index is 1.66. The van der Waals surface area contributed by atoms with Gasteiger partial charge in [0.1, 0.15) is 5.60 Å². The quantitative estimate of drug-likeness (QED) is 0.227. The average molecular weight is 445 g/mol. The fraction of sp³-hybridized carbons (Fsp3) is 0.231. The zero-order valence-electron chi connectivity index (χ0n) is 19.1. The fourth-order valence-electron chi connectivity index (χ4n) is 3.63. The van der Waals surface area contributed by atoms with Crippen molar-refractivity contribution in [3.63, 3.8) is 0 Å². The van der Waals surface area contributed by atoms with Crippen molar-refractivity contribution in [1.82, 2.24) is 4.98 Å². The van der Waals surface area contributed by atoms with E-state index in [9.17, 15) is 9.90 Å². The van der Waals surface area contributed by atoms with Gasteiger partial charge in [-0.3, -0.25) is 5.32 Å². The molecule has 0 radical (unpaired) electrons. The molecule has 0 aliphatic rings. The van der Waals surface area contributed by atoms with E-state index in [-0.39, 0.29) is 0 Å². The van der Waals surface area contributed by atoms with E-state index in [1.165, 1.54) is 0 Å². The SMILES string of the molecule is CNc1ccc2c(NC(O)c3cccc(NC(=O)OC(C)(C)C)c3)c3ccccc3nc2c1. The van der Waals surface area contributed by atoms with Gasteiger partial charge in [0, 0.05) is 34.8 Å². The number of amides is 1. The first-order chi connectivity index (χ1) is 15.7. The highest BCUT2D eigenvalue weighted by molar-refractivity contribution is 6.08. The fourth-order valence-corrected chi connectivity index (χ4v) is 3.63. The van der Waals surface area contributed by atoms with E-state index >= 15 is 0 Å². The molecule has 4 N–H and O–H groups in total. The van der Waals surface area contributed by atoms with Gasteiger partial charge in [0.25, 0.3) is 0 Å². The second-order valence-corrected chi connectivity index (χ2v) is 8.79. The lowest BCUT2D eigenvalue weighted by Crippen LogP contribution is -2.27. The van der Waals surface area contributed by atoms with Crippen molar-refractivity contribution in [3.8, 4) is 0 Å². The number of aliphatic hydroxyl groups excluding tert-OH is 1. The van der Waals surface area contributed by atoms with Crippen molar-refractivity contribution < 1.29 is 14.6 Å². The number of fused-ring (bicyclic) bond motifs is 2. The number of aliphatic hydroxyl groups is 1. The lowest BCUT2D eigenvalue weighted by atomic mass is 10.1. The van der Waals surface area contributed by atoms with Crippen LogP contribution in [0.25, 0.3) is 21.8 Å². The molecule has 0 saturated carbocycles. The van der Waals surface area contributed by atoms with Gasteiger partial charge in [-0.25, -0.2) is 9.78 Å². The molecule has 0 spiro atoms. The van der Waals surface area contributed by atoms with E-state index in [0.29, 0.717) is 11.3 Å². The molecule has 7 heteroatoms. The Hall–Kier alpha value is -3.84. The molecule has 0 bridgehead atoms. The minimum absolute atomic E-state index is 0.533. The molecular formula is C26H28N4O3. The van der Waals surface area contributed by atoms with Crippen molar-refractivity contribution in [2.75, 3.05) is 23.0 Å². The molecule has 1 amide bonds. The average Bonchev–Trinajstić information content (AvgIpc) is 2.77. The maximum Gasteiger partial charge on any atom is 0.412 e. The van der Waals surface area contributed by atoms with Crippen LogP contribution >= 0.6 is 0 Å².